The number of aryl methyl sites for hydroxylation is 2. The van der Waals surface area contributed by atoms with Gasteiger partial charge in [-0.25, -0.2) is 0 Å². The van der Waals surface area contributed by atoms with E-state index < -0.39 is 11.8 Å². The smallest absolute Gasteiger partial charge is 0.276 e. The van der Waals surface area contributed by atoms with E-state index in [4.69, 9.17) is 4.74 Å². The zero-order valence-corrected chi connectivity index (χ0v) is 15.4. The summed E-state index contributed by atoms with van der Waals surface area (Å²) >= 11 is 0. The van der Waals surface area contributed by atoms with E-state index in [1.165, 1.54) is 6.42 Å². The number of hydrogen-bond donors (Lipinski definition) is 3. The SMILES string of the molecule is Cc1ccc(OCC(=O)NNC(=O)CNC(=O)C2CCCCC2)cc1C. The maximum atomic E-state index is 12.0. The predicted octanol–water partition coefficient (Wildman–Crippen LogP) is 1.53. The van der Waals surface area contributed by atoms with Gasteiger partial charge in [0.2, 0.25) is 5.91 Å². The van der Waals surface area contributed by atoms with E-state index in [0.717, 1.165) is 36.8 Å². The molecule has 0 aromatic heterocycles. The maximum Gasteiger partial charge on any atom is 0.276 e. The standard InChI is InChI=1S/C19H27N3O4/c1-13-8-9-16(10-14(13)2)26-12-18(24)22-21-17(23)11-20-19(25)15-6-4-3-5-7-15/h8-10,15H,3-7,11-12H2,1-2H3,(H,20,25)(H,21,23)(H,22,24). The van der Waals surface area contributed by atoms with Gasteiger partial charge in [0.05, 0.1) is 6.54 Å². The van der Waals surface area contributed by atoms with Gasteiger partial charge in [0.25, 0.3) is 11.8 Å². The molecule has 0 heterocycles. The van der Waals surface area contributed by atoms with E-state index in [2.05, 4.69) is 16.2 Å². The molecule has 7 nitrogen and oxygen atoms in total. The van der Waals surface area contributed by atoms with Crippen molar-refractivity contribution >= 4 is 17.7 Å². The normalized spacial score (nSPS) is 14.4. The van der Waals surface area contributed by atoms with Gasteiger partial charge in [-0.05, 0) is 49.9 Å². The zero-order chi connectivity index (χ0) is 18.9. The van der Waals surface area contributed by atoms with E-state index >= 15 is 0 Å². The summed E-state index contributed by atoms with van der Waals surface area (Å²) < 4.78 is 5.38. The molecule has 26 heavy (non-hydrogen) atoms. The summed E-state index contributed by atoms with van der Waals surface area (Å²) in [6.07, 6.45) is 5.03. The van der Waals surface area contributed by atoms with Crippen molar-refractivity contribution in [2.75, 3.05) is 13.2 Å². The Morgan fingerprint density at radius 3 is 2.38 bits per heavy atom. The highest BCUT2D eigenvalue weighted by Crippen LogP contribution is 2.23. The van der Waals surface area contributed by atoms with Crippen LogP contribution in [0.25, 0.3) is 0 Å². The molecular formula is C19H27N3O4. The Bertz CT molecular complexity index is 654. The van der Waals surface area contributed by atoms with Crippen LogP contribution in [0.5, 0.6) is 5.75 Å². The molecule has 1 fully saturated rings. The summed E-state index contributed by atoms with van der Waals surface area (Å²) in [6.45, 7) is 3.59. The average molecular weight is 361 g/mol. The van der Waals surface area contributed by atoms with Crippen molar-refractivity contribution < 1.29 is 19.1 Å². The van der Waals surface area contributed by atoms with Gasteiger partial charge in [-0.1, -0.05) is 25.3 Å². The van der Waals surface area contributed by atoms with Crippen LogP contribution in [-0.2, 0) is 14.4 Å². The summed E-state index contributed by atoms with van der Waals surface area (Å²) in [4.78, 5) is 35.4. The van der Waals surface area contributed by atoms with Crippen LogP contribution < -0.4 is 20.9 Å². The number of carbonyl (C=O) groups excluding carboxylic acids is 3. The second-order valence-corrected chi connectivity index (χ2v) is 6.68. The Morgan fingerprint density at radius 1 is 1.00 bits per heavy atom. The summed E-state index contributed by atoms with van der Waals surface area (Å²) in [6, 6.07) is 5.55. The fourth-order valence-electron chi connectivity index (χ4n) is 2.85. The van der Waals surface area contributed by atoms with Gasteiger partial charge < -0.3 is 10.1 Å². The number of hydrogen-bond acceptors (Lipinski definition) is 4. The maximum absolute atomic E-state index is 12.0. The molecule has 0 atom stereocenters. The lowest BCUT2D eigenvalue weighted by atomic mass is 9.89. The highest BCUT2D eigenvalue weighted by Gasteiger charge is 2.21. The molecule has 0 bridgehead atoms. The van der Waals surface area contributed by atoms with E-state index in [9.17, 15) is 14.4 Å². The summed E-state index contributed by atoms with van der Waals surface area (Å²) in [5, 5.41) is 2.61. The van der Waals surface area contributed by atoms with Gasteiger partial charge in [0, 0.05) is 5.92 Å². The molecule has 7 heteroatoms. The Hall–Kier alpha value is -2.57. The average Bonchev–Trinajstić information content (AvgIpc) is 2.66. The number of benzene rings is 1. The van der Waals surface area contributed by atoms with Crippen molar-refractivity contribution in [2.24, 2.45) is 5.92 Å². The zero-order valence-electron chi connectivity index (χ0n) is 15.4. The van der Waals surface area contributed by atoms with Gasteiger partial charge in [-0.2, -0.15) is 0 Å². The lowest BCUT2D eigenvalue weighted by Crippen LogP contribution is -2.48. The summed E-state index contributed by atoms with van der Waals surface area (Å²) in [5.74, 6) is -0.458. The van der Waals surface area contributed by atoms with Crippen LogP contribution >= 0.6 is 0 Å². The molecular weight excluding hydrogens is 334 g/mol. The molecule has 3 amide bonds. The van der Waals surface area contributed by atoms with Crippen LogP contribution in [0.2, 0.25) is 0 Å². The molecule has 3 N–H and O–H groups in total. The highest BCUT2D eigenvalue weighted by atomic mass is 16.5. The van der Waals surface area contributed by atoms with Crippen molar-refractivity contribution in [3.63, 3.8) is 0 Å². The van der Waals surface area contributed by atoms with Crippen LogP contribution in [0.3, 0.4) is 0 Å². The Morgan fingerprint density at radius 2 is 1.69 bits per heavy atom. The molecule has 1 aliphatic carbocycles. The van der Waals surface area contributed by atoms with Crippen LogP contribution in [0.4, 0.5) is 0 Å². The van der Waals surface area contributed by atoms with E-state index in [1.807, 2.05) is 26.0 Å². The number of ether oxygens (including phenoxy) is 1. The van der Waals surface area contributed by atoms with Gasteiger partial charge >= 0.3 is 0 Å². The first-order valence-corrected chi connectivity index (χ1v) is 9.01. The monoisotopic (exact) mass is 361 g/mol. The largest absolute Gasteiger partial charge is 0.484 e. The van der Waals surface area contributed by atoms with Gasteiger partial charge in [0.1, 0.15) is 5.75 Å². The Balaban J connectivity index is 1.62. The lowest BCUT2D eigenvalue weighted by molar-refractivity contribution is -0.131. The minimum absolute atomic E-state index is 0.00231. The predicted molar refractivity (Wildman–Crippen MR) is 97.3 cm³/mol. The van der Waals surface area contributed by atoms with Crippen molar-refractivity contribution in [1.29, 1.82) is 0 Å². The lowest BCUT2D eigenvalue weighted by Gasteiger charge is -2.20. The molecule has 0 aliphatic heterocycles. The summed E-state index contributed by atoms with van der Waals surface area (Å²) in [7, 11) is 0. The molecule has 1 aliphatic rings. The molecule has 0 radical (unpaired) electrons. The Labute approximate surface area is 153 Å². The molecule has 1 aromatic carbocycles. The van der Waals surface area contributed by atoms with Crippen molar-refractivity contribution in [2.45, 2.75) is 46.0 Å². The van der Waals surface area contributed by atoms with Crippen LogP contribution in [0, 0.1) is 19.8 Å². The second kappa shape index (κ2) is 9.79. The summed E-state index contributed by atoms with van der Waals surface area (Å²) in [5.41, 5.74) is 6.75. The molecule has 1 aromatic rings. The Kier molecular flexibility index (Phi) is 7.44. The molecule has 0 spiro atoms. The number of amides is 3. The third kappa shape index (κ3) is 6.38. The fourth-order valence-corrected chi connectivity index (χ4v) is 2.85. The first kappa shape index (κ1) is 19.8. The molecule has 1 saturated carbocycles. The van der Waals surface area contributed by atoms with Crippen LogP contribution in [0.15, 0.2) is 18.2 Å². The quantitative estimate of drug-likeness (QED) is 0.670. The van der Waals surface area contributed by atoms with Crippen LogP contribution in [0.1, 0.15) is 43.2 Å². The molecule has 2 rings (SSSR count). The topological polar surface area (TPSA) is 96.5 Å². The van der Waals surface area contributed by atoms with Gasteiger partial charge in [0.15, 0.2) is 6.61 Å². The number of rotatable bonds is 6. The molecule has 0 saturated heterocycles. The van der Waals surface area contributed by atoms with E-state index in [1.54, 1.807) is 6.07 Å². The van der Waals surface area contributed by atoms with Crippen molar-refractivity contribution in [3.8, 4) is 5.75 Å². The van der Waals surface area contributed by atoms with Crippen LogP contribution in [-0.4, -0.2) is 30.9 Å². The number of nitrogens with one attached hydrogen (secondary N) is 3. The van der Waals surface area contributed by atoms with E-state index in [-0.39, 0.29) is 25.0 Å². The third-order valence-corrected chi connectivity index (χ3v) is 4.59. The highest BCUT2D eigenvalue weighted by molar-refractivity contribution is 5.87. The van der Waals surface area contributed by atoms with Crippen molar-refractivity contribution in [3.05, 3.63) is 29.3 Å². The molecule has 142 valence electrons. The first-order chi connectivity index (χ1) is 12.5. The minimum Gasteiger partial charge on any atom is -0.484 e. The molecule has 0 unspecified atom stereocenters. The van der Waals surface area contributed by atoms with Gasteiger partial charge in [-0.3, -0.25) is 25.2 Å². The second-order valence-electron chi connectivity index (χ2n) is 6.68. The van der Waals surface area contributed by atoms with Gasteiger partial charge in [-0.15, -0.1) is 0 Å². The minimum atomic E-state index is -0.478. The van der Waals surface area contributed by atoms with E-state index in [0.29, 0.717) is 5.75 Å². The van der Waals surface area contributed by atoms with Crippen molar-refractivity contribution in [1.82, 2.24) is 16.2 Å². The number of carbonyl (C=O) groups is 3. The third-order valence-electron chi connectivity index (χ3n) is 4.59. The fraction of sp³-hybridized carbons (Fsp3) is 0.526. The number of hydrazine groups is 1. The first-order valence-electron chi connectivity index (χ1n) is 9.01.